The first-order valence-electron chi connectivity index (χ1n) is 13.0. The molecule has 0 amide bonds. The van der Waals surface area contributed by atoms with Gasteiger partial charge in [-0.05, 0) is 51.9 Å². The first-order chi connectivity index (χ1) is 17.3. The summed E-state index contributed by atoms with van der Waals surface area (Å²) in [6.07, 6.45) is 4.61. The van der Waals surface area contributed by atoms with Gasteiger partial charge in [0.15, 0.2) is 0 Å². The number of ether oxygens (including phenoxy) is 6. The lowest BCUT2D eigenvalue weighted by atomic mass is 10.2. The second-order valence-corrected chi connectivity index (χ2v) is 10.4. The molecular formula is C23H46IN5O6. The molecule has 3 rings (SSSR count). The zero-order valence-corrected chi connectivity index (χ0v) is 23.5. The zero-order chi connectivity index (χ0) is 24.4. The molecule has 206 valence electrons. The minimum Gasteiger partial charge on any atom is -0.340 e. The molecule has 35 heavy (non-hydrogen) atoms. The predicted octanol–water partition coefficient (Wildman–Crippen LogP) is 1.25. The van der Waals surface area contributed by atoms with E-state index in [4.69, 9.17) is 28.4 Å². The maximum atomic E-state index is 5.40. The standard InChI is InChI=1S/C23H46IN5O6/c24-5-1-6-25(7-2-10-27-15-30-21-31-16-27)13-14-26(8-3-11-28-17-32-22-33-18-28)9-4-12-29-19-34-23-35-20-29/h1-23H2. The Bertz CT molecular complexity index is 487. The van der Waals surface area contributed by atoms with Crippen LogP contribution in [0.1, 0.15) is 25.7 Å². The number of nitrogens with zero attached hydrogens (tertiary/aromatic N) is 5. The average molecular weight is 616 g/mol. The molecule has 0 aromatic carbocycles. The van der Waals surface area contributed by atoms with Gasteiger partial charge in [0.25, 0.3) is 0 Å². The highest BCUT2D eigenvalue weighted by atomic mass is 127. The summed E-state index contributed by atoms with van der Waals surface area (Å²) in [5, 5.41) is 0. The van der Waals surface area contributed by atoms with Crippen LogP contribution in [-0.4, -0.2) is 149 Å². The molecule has 0 saturated carbocycles. The van der Waals surface area contributed by atoms with Crippen LogP contribution in [0.25, 0.3) is 0 Å². The molecule has 0 radical (unpaired) electrons. The van der Waals surface area contributed by atoms with Gasteiger partial charge in [-0.3, -0.25) is 14.7 Å². The Morgan fingerprint density at radius 1 is 0.457 bits per heavy atom. The Kier molecular flexibility index (Phi) is 16.5. The normalized spacial score (nSPS) is 21.3. The molecule has 11 nitrogen and oxygen atoms in total. The van der Waals surface area contributed by atoms with Crippen LogP contribution in [0, 0.1) is 0 Å². The highest BCUT2D eigenvalue weighted by Gasteiger charge is 2.16. The molecule has 0 N–H and O–H groups in total. The predicted molar refractivity (Wildman–Crippen MR) is 141 cm³/mol. The third kappa shape index (κ3) is 13.6. The minimum atomic E-state index is 0.414. The molecule has 0 aromatic heterocycles. The van der Waals surface area contributed by atoms with E-state index in [9.17, 15) is 0 Å². The first-order valence-corrected chi connectivity index (χ1v) is 14.5. The Hall–Kier alpha value is 0.290. The molecule has 3 heterocycles. The van der Waals surface area contributed by atoms with Crippen molar-refractivity contribution < 1.29 is 28.4 Å². The van der Waals surface area contributed by atoms with Gasteiger partial charge in [-0.1, -0.05) is 22.6 Å². The average Bonchev–Trinajstić information content (AvgIpc) is 2.91. The molecular weight excluding hydrogens is 569 g/mol. The van der Waals surface area contributed by atoms with Crippen LogP contribution in [0.4, 0.5) is 0 Å². The number of rotatable bonds is 18. The fourth-order valence-corrected chi connectivity index (χ4v) is 4.81. The summed E-state index contributed by atoms with van der Waals surface area (Å²) < 4.78 is 33.6. The van der Waals surface area contributed by atoms with E-state index in [1.54, 1.807) is 0 Å². The summed E-state index contributed by atoms with van der Waals surface area (Å²) in [7, 11) is 0. The van der Waals surface area contributed by atoms with Crippen LogP contribution in [0.3, 0.4) is 0 Å². The van der Waals surface area contributed by atoms with Gasteiger partial charge in [-0.25, -0.2) is 0 Å². The van der Waals surface area contributed by atoms with Gasteiger partial charge >= 0.3 is 0 Å². The summed E-state index contributed by atoms with van der Waals surface area (Å²) in [5.41, 5.74) is 0. The van der Waals surface area contributed by atoms with Gasteiger partial charge in [-0.15, -0.1) is 0 Å². The van der Waals surface area contributed by atoms with E-state index >= 15 is 0 Å². The van der Waals surface area contributed by atoms with Crippen molar-refractivity contribution in [1.82, 2.24) is 24.5 Å². The second kappa shape index (κ2) is 19.4. The van der Waals surface area contributed by atoms with Crippen molar-refractivity contribution in [2.45, 2.75) is 25.7 Å². The first kappa shape index (κ1) is 29.8. The molecule has 3 aliphatic heterocycles. The molecule has 3 aliphatic rings. The maximum Gasteiger partial charge on any atom is 0.150 e. The van der Waals surface area contributed by atoms with Gasteiger partial charge in [0, 0.05) is 37.2 Å². The number of alkyl halides is 1. The summed E-state index contributed by atoms with van der Waals surface area (Å²) in [5.74, 6) is 0. The van der Waals surface area contributed by atoms with Gasteiger partial charge < -0.3 is 38.2 Å². The van der Waals surface area contributed by atoms with Crippen molar-refractivity contribution in [3.05, 3.63) is 0 Å². The van der Waals surface area contributed by atoms with Gasteiger partial charge in [0.2, 0.25) is 0 Å². The van der Waals surface area contributed by atoms with Crippen molar-refractivity contribution in [2.24, 2.45) is 0 Å². The van der Waals surface area contributed by atoms with E-state index in [-0.39, 0.29) is 0 Å². The van der Waals surface area contributed by atoms with Gasteiger partial charge in [-0.2, -0.15) is 0 Å². The third-order valence-electron chi connectivity index (χ3n) is 6.33. The fraction of sp³-hybridized carbons (Fsp3) is 1.00. The van der Waals surface area contributed by atoms with Crippen LogP contribution in [0.2, 0.25) is 0 Å². The molecule has 3 fully saturated rings. The molecule has 0 spiro atoms. The van der Waals surface area contributed by atoms with Crippen molar-refractivity contribution >= 4 is 22.6 Å². The highest BCUT2D eigenvalue weighted by Crippen LogP contribution is 2.06. The Morgan fingerprint density at radius 2 is 0.771 bits per heavy atom. The van der Waals surface area contributed by atoms with Gasteiger partial charge in [0.1, 0.15) is 60.8 Å². The summed E-state index contributed by atoms with van der Waals surface area (Å²) in [4.78, 5) is 11.9. The van der Waals surface area contributed by atoms with E-state index in [2.05, 4.69) is 47.1 Å². The van der Waals surface area contributed by atoms with E-state index in [1.807, 2.05) is 0 Å². The van der Waals surface area contributed by atoms with Crippen molar-refractivity contribution in [2.75, 3.05) is 124 Å². The summed E-state index contributed by atoms with van der Waals surface area (Å²) in [6.45, 7) is 15.0. The van der Waals surface area contributed by atoms with E-state index in [0.717, 1.165) is 78.2 Å². The number of hydrogen-bond acceptors (Lipinski definition) is 11. The smallest absolute Gasteiger partial charge is 0.150 e. The van der Waals surface area contributed by atoms with E-state index in [0.29, 0.717) is 60.8 Å². The molecule has 0 bridgehead atoms. The largest absolute Gasteiger partial charge is 0.340 e. The topological polar surface area (TPSA) is 71.6 Å². The van der Waals surface area contributed by atoms with Crippen LogP contribution in [0.5, 0.6) is 0 Å². The Balaban J connectivity index is 1.39. The fourth-order valence-electron chi connectivity index (χ4n) is 4.46. The van der Waals surface area contributed by atoms with Crippen molar-refractivity contribution in [1.29, 1.82) is 0 Å². The van der Waals surface area contributed by atoms with Crippen molar-refractivity contribution in [3.8, 4) is 0 Å². The summed E-state index contributed by atoms with van der Waals surface area (Å²) in [6, 6.07) is 0. The molecule has 3 saturated heterocycles. The van der Waals surface area contributed by atoms with Crippen LogP contribution in [-0.2, 0) is 28.4 Å². The van der Waals surface area contributed by atoms with E-state index in [1.165, 1.54) is 10.8 Å². The molecule has 0 aromatic rings. The van der Waals surface area contributed by atoms with Crippen LogP contribution >= 0.6 is 22.6 Å². The van der Waals surface area contributed by atoms with Crippen LogP contribution < -0.4 is 0 Å². The highest BCUT2D eigenvalue weighted by molar-refractivity contribution is 14.1. The number of hydrogen-bond donors (Lipinski definition) is 0. The second-order valence-electron chi connectivity index (χ2n) is 9.32. The van der Waals surface area contributed by atoms with E-state index < -0.39 is 0 Å². The lowest BCUT2D eigenvalue weighted by Crippen LogP contribution is -2.41. The molecule has 0 atom stereocenters. The Morgan fingerprint density at radius 3 is 1.09 bits per heavy atom. The third-order valence-corrected chi connectivity index (χ3v) is 7.09. The monoisotopic (exact) mass is 615 g/mol. The molecule has 0 unspecified atom stereocenters. The SMILES string of the molecule is ICCCN(CCCN1COCOC1)CCN(CCCN1COCOC1)CCCN1COCOC1. The Labute approximate surface area is 224 Å². The maximum absolute atomic E-state index is 5.40. The number of halogens is 1. The van der Waals surface area contributed by atoms with Crippen LogP contribution in [0.15, 0.2) is 0 Å². The molecule has 12 heteroatoms. The minimum absolute atomic E-state index is 0.414. The van der Waals surface area contributed by atoms with Crippen molar-refractivity contribution in [3.63, 3.8) is 0 Å². The lowest BCUT2D eigenvalue weighted by Gasteiger charge is -2.31. The lowest BCUT2D eigenvalue weighted by molar-refractivity contribution is -0.183. The quantitative estimate of drug-likeness (QED) is 0.165. The molecule has 0 aliphatic carbocycles. The zero-order valence-electron chi connectivity index (χ0n) is 21.3. The summed E-state index contributed by atoms with van der Waals surface area (Å²) >= 11 is 2.49. The van der Waals surface area contributed by atoms with Gasteiger partial charge in [0.05, 0.1) is 0 Å².